The van der Waals surface area contributed by atoms with Crippen molar-refractivity contribution in [2.75, 3.05) is 0 Å². The largest absolute Gasteiger partial charge is 0.416 e. The normalized spacial score (nSPS) is 21.3. The Morgan fingerprint density at radius 2 is 1.78 bits per heavy atom. The minimum atomic E-state index is -4.31. The van der Waals surface area contributed by atoms with Gasteiger partial charge in [0, 0.05) is 6.42 Å². The van der Waals surface area contributed by atoms with Crippen molar-refractivity contribution in [3.05, 3.63) is 35.4 Å². The quantitative estimate of drug-likeness (QED) is 0.820. The molecule has 5 heteroatoms. The third-order valence-corrected chi connectivity index (χ3v) is 3.12. The Morgan fingerprint density at radius 1 is 1.11 bits per heavy atom. The Balaban J connectivity index is 2.16. The summed E-state index contributed by atoms with van der Waals surface area (Å²) >= 11 is 0. The van der Waals surface area contributed by atoms with E-state index in [1.165, 1.54) is 12.1 Å². The predicted octanol–water partition coefficient (Wildman–Crippen LogP) is 3.44. The lowest BCUT2D eigenvalue weighted by atomic mass is 10.0. The summed E-state index contributed by atoms with van der Waals surface area (Å²) in [6.07, 6.45) is -1.30. The van der Waals surface area contributed by atoms with Crippen LogP contribution < -0.4 is 5.32 Å². The summed E-state index contributed by atoms with van der Waals surface area (Å²) in [5.41, 5.74) is 0.0736. The third kappa shape index (κ3) is 3.03. The molecule has 18 heavy (non-hydrogen) atoms. The molecule has 1 heterocycles. The second kappa shape index (κ2) is 5.00. The van der Waals surface area contributed by atoms with E-state index in [9.17, 15) is 18.0 Å². The van der Waals surface area contributed by atoms with E-state index in [1.54, 1.807) is 0 Å². The summed E-state index contributed by atoms with van der Waals surface area (Å²) in [6, 6.07) is 4.85. The van der Waals surface area contributed by atoms with Crippen LogP contribution in [0.4, 0.5) is 13.2 Å². The maximum atomic E-state index is 12.4. The number of nitrogens with one attached hydrogen (secondary N) is 1. The number of hydrogen-bond acceptors (Lipinski definition) is 1. The molecule has 1 unspecified atom stereocenters. The standard InChI is InChI=1S/C13H14F3NO/c14-13(15,16)10-7-5-9(6-8-10)11-3-1-2-4-12(18)17-11/h5-8,11H,1-4H2,(H,17,18). The average molecular weight is 257 g/mol. The molecule has 1 fully saturated rings. The molecule has 0 spiro atoms. The molecule has 0 radical (unpaired) electrons. The minimum Gasteiger partial charge on any atom is -0.349 e. The third-order valence-electron chi connectivity index (χ3n) is 3.12. The molecule has 2 nitrogen and oxygen atoms in total. The maximum absolute atomic E-state index is 12.4. The summed E-state index contributed by atoms with van der Waals surface area (Å²) in [7, 11) is 0. The summed E-state index contributed by atoms with van der Waals surface area (Å²) in [4.78, 5) is 11.4. The van der Waals surface area contributed by atoms with Crippen molar-refractivity contribution in [3.63, 3.8) is 0 Å². The highest BCUT2D eigenvalue weighted by atomic mass is 19.4. The van der Waals surface area contributed by atoms with E-state index in [0.717, 1.165) is 37.0 Å². The van der Waals surface area contributed by atoms with Crippen LogP contribution in [0.25, 0.3) is 0 Å². The van der Waals surface area contributed by atoms with Gasteiger partial charge < -0.3 is 5.32 Å². The van der Waals surface area contributed by atoms with Crippen molar-refractivity contribution in [3.8, 4) is 0 Å². The van der Waals surface area contributed by atoms with Gasteiger partial charge in [-0.3, -0.25) is 4.79 Å². The Morgan fingerprint density at radius 3 is 2.39 bits per heavy atom. The van der Waals surface area contributed by atoms with E-state index in [-0.39, 0.29) is 11.9 Å². The molecule has 1 atom stereocenters. The van der Waals surface area contributed by atoms with E-state index >= 15 is 0 Å². The Kier molecular flexibility index (Phi) is 3.59. The highest BCUT2D eigenvalue weighted by molar-refractivity contribution is 5.76. The van der Waals surface area contributed by atoms with Crippen LogP contribution in [0.5, 0.6) is 0 Å². The van der Waals surface area contributed by atoms with E-state index in [4.69, 9.17) is 0 Å². The lowest BCUT2D eigenvalue weighted by Crippen LogP contribution is -2.26. The van der Waals surface area contributed by atoms with Gasteiger partial charge in [0.25, 0.3) is 0 Å². The van der Waals surface area contributed by atoms with Gasteiger partial charge in [-0.25, -0.2) is 0 Å². The van der Waals surface area contributed by atoms with Crippen molar-refractivity contribution in [2.24, 2.45) is 0 Å². The summed E-state index contributed by atoms with van der Waals surface area (Å²) in [5, 5.41) is 2.83. The van der Waals surface area contributed by atoms with E-state index in [1.807, 2.05) is 0 Å². The van der Waals surface area contributed by atoms with Gasteiger partial charge >= 0.3 is 6.18 Å². The molecule has 0 saturated carbocycles. The van der Waals surface area contributed by atoms with Gasteiger partial charge in [0.2, 0.25) is 5.91 Å². The number of carbonyl (C=O) groups is 1. The highest BCUT2D eigenvalue weighted by Gasteiger charge is 2.30. The van der Waals surface area contributed by atoms with Crippen LogP contribution in [0.2, 0.25) is 0 Å². The smallest absolute Gasteiger partial charge is 0.349 e. The molecule has 1 aromatic carbocycles. The zero-order valence-corrected chi connectivity index (χ0v) is 9.76. The van der Waals surface area contributed by atoms with Crippen molar-refractivity contribution in [1.82, 2.24) is 5.32 Å². The van der Waals surface area contributed by atoms with Crippen molar-refractivity contribution in [1.29, 1.82) is 0 Å². The van der Waals surface area contributed by atoms with Crippen LogP contribution in [0.15, 0.2) is 24.3 Å². The lowest BCUT2D eigenvalue weighted by Gasteiger charge is -2.17. The first-order valence-corrected chi connectivity index (χ1v) is 5.93. The number of amides is 1. The van der Waals surface area contributed by atoms with Crippen molar-refractivity contribution < 1.29 is 18.0 Å². The number of benzene rings is 1. The van der Waals surface area contributed by atoms with Gasteiger partial charge in [0.1, 0.15) is 0 Å². The molecule has 1 aliphatic rings. The summed E-state index contributed by atoms with van der Waals surface area (Å²) in [5.74, 6) is -0.0302. The van der Waals surface area contributed by atoms with E-state index in [2.05, 4.69) is 5.32 Å². The number of rotatable bonds is 1. The van der Waals surface area contributed by atoms with E-state index in [0.29, 0.717) is 6.42 Å². The van der Waals surface area contributed by atoms with Crippen LogP contribution in [0.1, 0.15) is 42.9 Å². The van der Waals surface area contributed by atoms with Crippen LogP contribution in [0, 0.1) is 0 Å². The topological polar surface area (TPSA) is 29.1 Å². The molecule has 0 bridgehead atoms. The van der Waals surface area contributed by atoms with Gasteiger partial charge in [-0.1, -0.05) is 18.6 Å². The monoisotopic (exact) mass is 257 g/mol. The molecular formula is C13H14F3NO. The van der Waals surface area contributed by atoms with Crippen molar-refractivity contribution in [2.45, 2.75) is 37.9 Å². The predicted molar refractivity (Wildman–Crippen MR) is 60.8 cm³/mol. The molecule has 1 aliphatic heterocycles. The zero-order chi connectivity index (χ0) is 13.2. The first-order chi connectivity index (χ1) is 8.47. The number of alkyl halides is 3. The Hall–Kier alpha value is -1.52. The zero-order valence-electron chi connectivity index (χ0n) is 9.76. The van der Waals surface area contributed by atoms with Gasteiger partial charge in [0.05, 0.1) is 11.6 Å². The fourth-order valence-corrected chi connectivity index (χ4v) is 2.13. The molecule has 0 aliphatic carbocycles. The Labute approximate surface area is 103 Å². The first kappa shape index (κ1) is 12.9. The second-order valence-electron chi connectivity index (χ2n) is 4.49. The fourth-order valence-electron chi connectivity index (χ4n) is 2.13. The molecule has 98 valence electrons. The number of hydrogen-bond donors (Lipinski definition) is 1. The molecule has 1 N–H and O–H groups in total. The van der Waals surface area contributed by atoms with Gasteiger partial charge in [-0.15, -0.1) is 0 Å². The summed E-state index contributed by atoms with van der Waals surface area (Å²) in [6.45, 7) is 0. The summed E-state index contributed by atoms with van der Waals surface area (Å²) < 4.78 is 37.3. The van der Waals surface area contributed by atoms with Crippen LogP contribution in [-0.2, 0) is 11.0 Å². The van der Waals surface area contributed by atoms with Crippen LogP contribution >= 0.6 is 0 Å². The fraction of sp³-hybridized carbons (Fsp3) is 0.462. The second-order valence-corrected chi connectivity index (χ2v) is 4.49. The van der Waals surface area contributed by atoms with Gasteiger partial charge in [-0.05, 0) is 30.5 Å². The highest BCUT2D eigenvalue weighted by Crippen LogP contribution is 2.31. The number of halogens is 3. The van der Waals surface area contributed by atoms with Gasteiger partial charge in [0.15, 0.2) is 0 Å². The maximum Gasteiger partial charge on any atom is 0.416 e. The molecule has 1 aromatic rings. The Bertz CT molecular complexity index is 425. The first-order valence-electron chi connectivity index (χ1n) is 5.93. The number of carbonyl (C=O) groups excluding carboxylic acids is 1. The minimum absolute atomic E-state index is 0.0302. The molecule has 1 amide bonds. The lowest BCUT2D eigenvalue weighted by molar-refractivity contribution is -0.137. The molecule has 0 aromatic heterocycles. The SMILES string of the molecule is O=C1CCCCC(c2ccc(C(F)(F)F)cc2)N1. The van der Waals surface area contributed by atoms with Crippen LogP contribution in [-0.4, -0.2) is 5.91 Å². The van der Waals surface area contributed by atoms with E-state index < -0.39 is 11.7 Å². The van der Waals surface area contributed by atoms with Crippen LogP contribution in [0.3, 0.4) is 0 Å². The van der Waals surface area contributed by atoms with Crippen molar-refractivity contribution >= 4 is 5.91 Å². The molecule has 2 rings (SSSR count). The van der Waals surface area contributed by atoms with Gasteiger partial charge in [-0.2, -0.15) is 13.2 Å². The molecule has 1 saturated heterocycles. The average Bonchev–Trinajstić information content (AvgIpc) is 2.53. The molecular weight excluding hydrogens is 243 g/mol.